The van der Waals surface area contributed by atoms with Gasteiger partial charge in [0.05, 0.1) is 16.6 Å². The molecule has 3 heterocycles. The lowest BCUT2D eigenvalue weighted by Gasteiger charge is -2.30. The van der Waals surface area contributed by atoms with Gasteiger partial charge in [-0.1, -0.05) is 57.0 Å². The zero-order valence-corrected chi connectivity index (χ0v) is 17.0. The highest BCUT2D eigenvalue weighted by Gasteiger charge is 2.25. The molecule has 4 aromatic rings. The molecular weight excluding hydrogens is 360 g/mol. The van der Waals surface area contributed by atoms with Gasteiger partial charge in [-0.25, -0.2) is 9.50 Å². The van der Waals surface area contributed by atoms with E-state index in [0.29, 0.717) is 11.3 Å². The van der Waals surface area contributed by atoms with Gasteiger partial charge in [0.2, 0.25) is 0 Å². The first-order valence-electron chi connectivity index (χ1n) is 10.7. The van der Waals surface area contributed by atoms with Gasteiger partial charge >= 0.3 is 0 Å². The van der Waals surface area contributed by atoms with Gasteiger partial charge in [0.25, 0.3) is 5.56 Å². The van der Waals surface area contributed by atoms with Crippen LogP contribution in [0.1, 0.15) is 51.3 Å². The van der Waals surface area contributed by atoms with Crippen molar-refractivity contribution in [3.8, 4) is 11.1 Å². The number of rotatable bonds is 3. The van der Waals surface area contributed by atoms with E-state index in [0.717, 1.165) is 40.8 Å². The maximum Gasteiger partial charge on any atom is 0.261 e. The van der Waals surface area contributed by atoms with Gasteiger partial charge in [0.1, 0.15) is 0 Å². The second-order valence-corrected chi connectivity index (χ2v) is 8.19. The minimum Gasteiger partial charge on any atom is -0.312 e. The number of benzene rings is 1. The van der Waals surface area contributed by atoms with Gasteiger partial charge in [0.15, 0.2) is 5.65 Å². The van der Waals surface area contributed by atoms with Crippen LogP contribution in [0.5, 0.6) is 0 Å². The molecular formula is C24H26N4O. The largest absolute Gasteiger partial charge is 0.312 e. The summed E-state index contributed by atoms with van der Waals surface area (Å²) in [6, 6.07) is 12.6. The molecule has 0 radical (unpaired) electrons. The molecule has 5 heteroatoms. The fourth-order valence-electron chi connectivity index (χ4n) is 4.85. The average molecular weight is 386 g/mol. The molecule has 0 aliphatic heterocycles. The summed E-state index contributed by atoms with van der Waals surface area (Å²) < 4.78 is 3.79. The molecule has 3 aromatic heterocycles. The number of hydrogen-bond acceptors (Lipinski definition) is 3. The van der Waals surface area contributed by atoms with E-state index in [1.807, 2.05) is 39.5 Å². The molecule has 0 saturated heterocycles. The monoisotopic (exact) mass is 386 g/mol. The molecule has 1 aliphatic rings. The Morgan fingerprint density at radius 3 is 2.66 bits per heavy atom. The minimum atomic E-state index is 0.0467. The van der Waals surface area contributed by atoms with Crippen molar-refractivity contribution in [2.45, 2.75) is 52.0 Å². The number of nitrogens with zero attached hydrogens (tertiary/aromatic N) is 4. The topological polar surface area (TPSA) is 52.2 Å². The van der Waals surface area contributed by atoms with Gasteiger partial charge in [-0.3, -0.25) is 4.79 Å². The quantitative estimate of drug-likeness (QED) is 0.496. The van der Waals surface area contributed by atoms with Crippen molar-refractivity contribution in [3.05, 3.63) is 64.8 Å². The van der Waals surface area contributed by atoms with Crippen molar-refractivity contribution in [2.75, 3.05) is 0 Å². The van der Waals surface area contributed by atoms with E-state index in [9.17, 15) is 4.79 Å². The highest BCUT2D eigenvalue weighted by Crippen LogP contribution is 2.33. The van der Waals surface area contributed by atoms with Gasteiger partial charge in [-0.15, -0.1) is 0 Å². The lowest BCUT2D eigenvalue weighted by molar-refractivity contribution is 0.253. The van der Waals surface area contributed by atoms with Crippen molar-refractivity contribution >= 4 is 16.6 Å². The zero-order valence-electron chi connectivity index (χ0n) is 17.0. The number of pyridine rings is 1. The Hall–Kier alpha value is -2.95. The summed E-state index contributed by atoms with van der Waals surface area (Å²) >= 11 is 0. The zero-order chi connectivity index (χ0) is 20.0. The Balaban J connectivity index is 1.73. The van der Waals surface area contributed by atoms with Crippen molar-refractivity contribution in [1.29, 1.82) is 0 Å². The van der Waals surface area contributed by atoms with E-state index < -0.39 is 0 Å². The number of fused-ring (bicyclic) bond motifs is 3. The van der Waals surface area contributed by atoms with E-state index in [2.05, 4.69) is 26.0 Å². The molecule has 0 bridgehead atoms. The Labute approximate surface area is 170 Å². The van der Waals surface area contributed by atoms with Crippen molar-refractivity contribution in [2.24, 2.45) is 5.92 Å². The summed E-state index contributed by atoms with van der Waals surface area (Å²) in [6.45, 7) is 4.36. The number of aromatic nitrogens is 4. The lowest BCUT2D eigenvalue weighted by atomic mass is 9.85. The van der Waals surface area contributed by atoms with Crippen LogP contribution in [0.3, 0.4) is 0 Å². The summed E-state index contributed by atoms with van der Waals surface area (Å²) in [5.74, 6) is 0.525. The first kappa shape index (κ1) is 18.1. The first-order chi connectivity index (χ1) is 14.2. The van der Waals surface area contributed by atoms with Gasteiger partial charge in [-0.2, -0.15) is 5.10 Å². The maximum atomic E-state index is 13.3. The first-order valence-corrected chi connectivity index (χ1v) is 10.7. The highest BCUT2D eigenvalue weighted by molar-refractivity contribution is 5.86. The van der Waals surface area contributed by atoms with Crippen LogP contribution >= 0.6 is 0 Å². The molecule has 0 N–H and O–H groups in total. The molecule has 1 saturated carbocycles. The third kappa shape index (κ3) is 2.87. The van der Waals surface area contributed by atoms with Crippen LogP contribution in [0.15, 0.2) is 53.6 Å². The predicted octanol–water partition coefficient (Wildman–Crippen LogP) is 5.02. The molecule has 5 nitrogen and oxygen atoms in total. The van der Waals surface area contributed by atoms with Crippen LogP contribution in [-0.2, 0) is 6.42 Å². The fourth-order valence-corrected chi connectivity index (χ4v) is 4.85. The molecule has 0 spiro atoms. The van der Waals surface area contributed by atoms with E-state index in [-0.39, 0.29) is 11.6 Å². The Bertz CT molecular complexity index is 1240. The van der Waals surface area contributed by atoms with Crippen LogP contribution in [0, 0.1) is 5.92 Å². The summed E-state index contributed by atoms with van der Waals surface area (Å²) in [5, 5.41) is 5.48. The molecule has 1 aromatic carbocycles. The van der Waals surface area contributed by atoms with E-state index in [1.54, 1.807) is 6.20 Å². The Kier molecular flexibility index (Phi) is 4.46. The SMILES string of the molecule is CCc1nn2c(ncc3c(=O)n([C@H]4CCCC[C@H]4C)ccc32)c1-c1ccccc1. The van der Waals surface area contributed by atoms with E-state index in [4.69, 9.17) is 10.1 Å². The highest BCUT2D eigenvalue weighted by atomic mass is 16.1. The summed E-state index contributed by atoms with van der Waals surface area (Å²) in [4.78, 5) is 18.0. The second kappa shape index (κ2) is 7.14. The normalized spacial score (nSPS) is 19.8. The fraction of sp³-hybridized carbons (Fsp3) is 0.375. The summed E-state index contributed by atoms with van der Waals surface area (Å²) in [5.41, 5.74) is 4.85. The van der Waals surface area contributed by atoms with E-state index >= 15 is 0 Å². The van der Waals surface area contributed by atoms with Gasteiger partial charge < -0.3 is 4.57 Å². The minimum absolute atomic E-state index is 0.0467. The third-order valence-electron chi connectivity index (χ3n) is 6.43. The lowest BCUT2D eigenvalue weighted by Crippen LogP contribution is -2.30. The predicted molar refractivity (Wildman–Crippen MR) is 116 cm³/mol. The van der Waals surface area contributed by atoms with E-state index in [1.165, 1.54) is 19.3 Å². The van der Waals surface area contributed by atoms with Crippen molar-refractivity contribution in [3.63, 3.8) is 0 Å². The number of aryl methyl sites for hydroxylation is 1. The van der Waals surface area contributed by atoms with Crippen molar-refractivity contribution < 1.29 is 0 Å². The molecule has 148 valence electrons. The summed E-state index contributed by atoms with van der Waals surface area (Å²) in [6.07, 6.45) is 9.23. The Morgan fingerprint density at radius 1 is 1.10 bits per heavy atom. The molecule has 1 aliphatic carbocycles. The average Bonchev–Trinajstić information content (AvgIpc) is 3.14. The molecule has 2 atom stereocenters. The van der Waals surface area contributed by atoms with Gasteiger partial charge in [0, 0.05) is 24.0 Å². The molecule has 29 heavy (non-hydrogen) atoms. The second-order valence-electron chi connectivity index (χ2n) is 8.19. The third-order valence-corrected chi connectivity index (χ3v) is 6.43. The van der Waals surface area contributed by atoms with Crippen LogP contribution in [0.25, 0.3) is 27.7 Å². The standard InChI is InChI=1S/C24H26N4O/c1-3-19-22(17-10-5-4-6-11-17)23-25-15-18-21(28(23)26-19)13-14-27(24(18)29)20-12-8-7-9-16(20)2/h4-6,10-11,13-16,20H,3,7-9,12H2,1-2H3/t16-,20+/m1/s1. The molecule has 1 fully saturated rings. The van der Waals surface area contributed by atoms with Gasteiger partial charge in [-0.05, 0) is 36.8 Å². The Morgan fingerprint density at radius 2 is 1.90 bits per heavy atom. The molecule has 5 rings (SSSR count). The molecule has 0 amide bonds. The van der Waals surface area contributed by atoms with Crippen LogP contribution in [0.2, 0.25) is 0 Å². The summed E-state index contributed by atoms with van der Waals surface area (Å²) in [7, 11) is 0. The van der Waals surface area contributed by atoms with Crippen LogP contribution in [-0.4, -0.2) is 19.2 Å². The van der Waals surface area contributed by atoms with Crippen LogP contribution < -0.4 is 5.56 Å². The maximum absolute atomic E-state index is 13.3. The van der Waals surface area contributed by atoms with Crippen LogP contribution in [0.4, 0.5) is 0 Å². The van der Waals surface area contributed by atoms with Crippen molar-refractivity contribution in [1.82, 2.24) is 19.2 Å². The number of hydrogen-bond donors (Lipinski definition) is 0. The molecule has 0 unspecified atom stereocenters. The smallest absolute Gasteiger partial charge is 0.261 e.